The van der Waals surface area contributed by atoms with Crippen molar-refractivity contribution in [2.24, 2.45) is 0 Å². The molecule has 0 aliphatic carbocycles. The second-order valence-electron chi connectivity index (χ2n) is 2.16. The topological polar surface area (TPSA) is 55.4 Å². The maximum Gasteiger partial charge on any atom is 0.329 e. The Balaban J connectivity index is 3.96. The fourth-order valence-electron chi connectivity index (χ4n) is 0.649. The van der Waals surface area contributed by atoms with Crippen LogP contribution in [0.15, 0.2) is 0 Å². The van der Waals surface area contributed by atoms with Gasteiger partial charge >= 0.3 is 5.97 Å². The van der Waals surface area contributed by atoms with E-state index in [0.29, 0.717) is 0 Å². The number of alkyl halides is 1. The number of carbonyl (C=O) groups is 2. The molecule has 0 spiro atoms. The van der Waals surface area contributed by atoms with E-state index in [2.05, 4.69) is 10.1 Å². The van der Waals surface area contributed by atoms with Crippen LogP contribution in [0.3, 0.4) is 0 Å². The molecule has 12 heavy (non-hydrogen) atoms. The molecule has 0 saturated heterocycles. The van der Waals surface area contributed by atoms with Crippen LogP contribution in [0.5, 0.6) is 0 Å². The number of halogens is 1. The molecule has 1 atom stereocenters. The van der Waals surface area contributed by atoms with Crippen molar-refractivity contribution in [2.45, 2.75) is 19.9 Å². The number of ether oxygens (including phenoxy) is 1. The summed E-state index contributed by atoms with van der Waals surface area (Å²) in [6, 6.07) is -0.732. The fourth-order valence-corrected chi connectivity index (χ4v) is 0.852. The first-order valence-corrected chi connectivity index (χ1v) is 4.15. The van der Waals surface area contributed by atoms with Crippen molar-refractivity contribution in [1.29, 1.82) is 0 Å². The van der Waals surface area contributed by atoms with Crippen LogP contribution in [0.4, 0.5) is 0 Å². The summed E-state index contributed by atoms with van der Waals surface area (Å²) in [6.07, 6.45) is 0. The molecular weight excluding hydrogens is 182 g/mol. The van der Waals surface area contributed by atoms with Gasteiger partial charge in [-0.3, -0.25) is 4.79 Å². The first kappa shape index (κ1) is 11.2. The molecule has 0 rings (SSSR count). The normalized spacial score (nSPS) is 11.9. The number of hydrogen-bond donors (Lipinski definition) is 1. The molecule has 0 saturated carbocycles. The predicted octanol–water partition coefficient (Wildman–Crippen LogP) is 0.293. The highest BCUT2D eigenvalue weighted by Gasteiger charge is 2.18. The van der Waals surface area contributed by atoms with E-state index in [1.807, 2.05) is 0 Å². The third kappa shape index (κ3) is 4.18. The van der Waals surface area contributed by atoms with Gasteiger partial charge in [0.25, 0.3) is 0 Å². The van der Waals surface area contributed by atoms with Crippen LogP contribution in [0.1, 0.15) is 13.8 Å². The molecule has 0 bridgehead atoms. The number of carbonyl (C=O) groups excluding carboxylic acids is 2. The van der Waals surface area contributed by atoms with E-state index in [1.54, 1.807) is 6.92 Å². The van der Waals surface area contributed by atoms with E-state index in [4.69, 9.17) is 11.6 Å². The summed E-state index contributed by atoms with van der Waals surface area (Å²) in [5.74, 6) is -0.769. The van der Waals surface area contributed by atoms with Crippen LogP contribution < -0.4 is 5.32 Å². The zero-order valence-corrected chi connectivity index (χ0v) is 7.85. The maximum atomic E-state index is 11.0. The van der Waals surface area contributed by atoms with Crippen LogP contribution in [0, 0.1) is 0 Å². The number of hydrogen-bond acceptors (Lipinski definition) is 3. The zero-order valence-electron chi connectivity index (χ0n) is 7.09. The monoisotopic (exact) mass is 193 g/mol. The second kappa shape index (κ2) is 5.83. The Hall–Kier alpha value is -0.770. The molecule has 0 aliphatic rings. The fraction of sp³-hybridized carbons (Fsp3) is 0.714. The molecule has 0 aromatic rings. The summed E-state index contributed by atoms with van der Waals surface area (Å²) in [5, 5.41) is 2.37. The van der Waals surface area contributed by atoms with E-state index < -0.39 is 12.0 Å². The summed E-state index contributed by atoms with van der Waals surface area (Å²) < 4.78 is 4.66. The largest absolute Gasteiger partial charge is 0.464 e. The standard InChI is InChI=1S/C7H12ClNO3/c1-3-12-7(11)6(4-8)9-5(2)10/h6H,3-4H2,1-2H3,(H,9,10). The van der Waals surface area contributed by atoms with Gasteiger partial charge in [0, 0.05) is 6.92 Å². The van der Waals surface area contributed by atoms with Crippen molar-refractivity contribution < 1.29 is 14.3 Å². The average Bonchev–Trinajstić information content (AvgIpc) is 2.00. The molecular formula is C7H12ClNO3. The molecule has 0 aliphatic heterocycles. The molecule has 1 unspecified atom stereocenters. The molecule has 0 fully saturated rings. The van der Waals surface area contributed by atoms with E-state index in [-0.39, 0.29) is 18.4 Å². The quantitative estimate of drug-likeness (QED) is 0.516. The minimum absolute atomic E-state index is 0.0262. The van der Waals surface area contributed by atoms with Gasteiger partial charge in [-0.05, 0) is 6.92 Å². The highest BCUT2D eigenvalue weighted by molar-refractivity contribution is 6.19. The Morgan fingerprint density at radius 1 is 1.58 bits per heavy atom. The van der Waals surface area contributed by atoms with E-state index >= 15 is 0 Å². The van der Waals surface area contributed by atoms with Gasteiger partial charge in [-0.2, -0.15) is 0 Å². The SMILES string of the molecule is CCOC(=O)C(CCl)NC(C)=O. The number of esters is 1. The van der Waals surface area contributed by atoms with Gasteiger partial charge in [-0.15, -0.1) is 11.6 Å². The Kier molecular flexibility index (Phi) is 5.45. The lowest BCUT2D eigenvalue weighted by atomic mass is 10.3. The second-order valence-corrected chi connectivity index (χ2v) is 2.47. The van der Waals surface area contributed by atoms with Crippen LogP contribution in [0.25, 0.3) is 0 Å². The van der Waals surface area contributed by atoms with Gasteiger partial charge in [-0.25, -0.2) is 4.79 Å². The highest BCUT2D eigenvalue weighted by Crippen LogP contribution is 1.92. The Morgan fingerprint density at radius 2 is 2.17 bits per heavy atom. The minimum atomic E-state index is -0.732. The number of rotatable bonds is 4. The van der Waals surface area contributed by atoms with Gasteiger partial charge in [0.1, 0.15) is 6.04 Å². The minimum Gasteiger partial charge on any atom is -0.464 e. The average molecular weight is 194 g/mol. The van der Waals surface area contributed by atoms with Crippen molar-refractivity contribution in [1.82, 2.24) is 5.32 Å². The molecule has 0 heterocycles. The Labute approximate surface area is 76.2 Å². The highest BCUT2D eigenvalue weighted by atomic mass is 35.5. The van der Waals surface area contributed by atoms with E-state index in [0.717, 1.165) is 0 Å². The molecule has 1 amide bonds. The van der Waals surface area contributed by atoms with Crippen molar-refractivity contribution >= 4 is 23.5 Å². The van der Waals surface area contributed by atoms with Crippen molar-refractivity contribution in [3.63, 3.8) is 0 Å². The number of amides is 1. The summed E-state index contributed by atoms with van der Waals surface area (Å²) >= 11 is 5.43. The summed E-state index contributed by atoms with van der Waals surface area (Å²) in [4.78, 5) is 21.5. The lowest BCUT2D eigenvalue weighted by Gasteiger charge is -2.12. The smallest absolute Gasteiger partial charge is 0.329 e. The first-order chi connectivity index (χ1) is 5.61. The van der Waals surface area contributed by atoms with Crippen LogP contribution in [-0.4, -0.2) is 30.4 Å². The van der Waals surface area contributed by atoms with Crippen LogP contribution in [-0.2, 0) is 14.3 Å². The molecule has 4 nitrogen and oxygen atoms in total. The van der Waals surface area contributed by atoms with Crippen molar-refractivity contribution in [3.8, 4) is 0 Å². The summed E-state index contributed by atoms with van der Waals surface area (Å²) in [7, 11) is 0. The van der Waals surface area contributed by atoms with Crippen LogP contribution >= 0.6 is 11.6 Å². The lowest BCUT2D eigenvalue weighted by Crippen LogP contribution is -2.42. The van der Waals surface area contributed by atoms with Gasteiger partial charge in [0.2, 0.25) is 5.91 Å². The van der Waals surface area contributed by atoms with E-state index in [1.165, 1.54) is 6.92 Å². The molecule has 0 radical (unpaired) electrons. The lowest BCUT2D eigenvalue weighted by molar-refractivity contribution is -0.146. The zero-order chi connectivity index (χ0) is 9.56. The van der Waals surface area contributed by atoms with Gasteiger partial charge in [0.05, 0.1) is 12.5 Å². The number of nitrogens with one attached hydrogen (secondary N) is 1. The molecule has 70 valence electrons. The van der Waals surface area contributed by atoms with E-state index in [9.17, 15) is 9.59 Å². The first-order valence-electron chi connectivity index (χ1n) is 3.61. The van der Waals surface area contributed by atoms with Gasteiger partial charge in [0.15, 0.2) is 0 Å². The molecule has 0 aromatic heterocycles. The van der Waals surface area contributed by atoms with Crippen molar-refractivity contribution in [3.05, 3.63) is 0 Å². The Morgan fingerprint density at radius 3 is 2.50 bits per heavy atom. The third-order valence-electron chi connectivity index (χ3n) is 1.10. The van der Waals surface area contributed by atoms with Gasteiger partial charge < -0.3 is 10.1 Å². The summed E-state index contributed by atoms with van der Waals surface area (Å²) in [5.41, 5.74) is 0. The maximum absolute atomic E-state index is 11.0. The predicted molar refractivity (Wildman–Crippen MR) is 45.0 cm³/mol. The summed E-state index contributed by atoms with van der Waals surface area (Å²) in [6.45, 7) is 3.29. The van der Waals surface area contributed by atoms with Crippen molar-refractivity contribution in [2.75, 3.05) is 12.5 Å². The third-order valence-corrected chi connectivity index (χ3v) is 1.41. The molecule has 1 N–H and O–H groups in total. The molecule has 5 heteroatoms. The van der Waals surface area contributed by atoms with Gasteiger partial charge in [-0.1, -0.05) is 0 Å². The molecule has 0 aromatic carbocycles. The Bertz CT molecular complexity index is 172. The van der Waals surface area contributed by atoms with Crippen LogP contribution in [0.2, 0.25) is 0 Å².